The molecule has 1 atom stereocenters. The standard InChI is InChI=1S/C16H16FNO2S/c1-11(20-12-7-9-13(21-2)10-8-12)16(19)18-15-6-4-3-5-14(15)17/h3-11H,1-2H3,(H,18,19). The number of carbonyl (C=O) groups is 1. The number of benzene rings is 2. The van der Waals surface area contributed by atoms with E-state index in [1.54, 1.807) is 43.0 Å². The van der Waals surface area contributed by atoms with E-state index < -0.39 is 17.8 Å². The van der Waals surface area contributed by atoms with Crippen molar-refractivity contribution in [3.05, 3.63) is 54.3 Å². The molecule has 0 saturated heterocycles. The molecule has 0 aliphatic heterocycles. The third-order valence-corrected chi connectivity index (χ3v) is 3.62. The highest BCUT2D eigenvalue weighted by Gasteiger charge is 2.16. The van der Waals surface area contributed by atoms with Gasteiger partial charge < -0.3 is 10.1 Å². The van der Waals surface area contributed by atoms with Gasteiger partial charge in [-0.15, -0.1) is 11.8 Å². The number of ether oxygens (including phenoxy) is 1. The van der Waals surface area contributed by atoms with Crippen molar-refractivity contribution in [1.82, 2.24) is 0 Å². The Balaban J connectivity index is 1.97. The molecular formula is C16H16FNO2S. The predicted molar refractivity (Wildman–Crippen MR) is 83.3 cm³/mol. The van der Waals surface area contributed by atoms with Crippen LogP contribution in [0.3, 0.4) is 0 Å². The van der Waals surface area contributed by atoms with E-state index in [9.17, 15) is 9.18 Å². The van der Waals surface area contributed by atoms with Gasteiger partial charge in [0.25, 0.3) is 5.91 Å². The highest BCUT2D eigenvalue weighted by atomic mass is 32.2. The molecule has 3 nitrogen and oxygen atoms in total. The largest absolute Gasteiger partial charge is 0.481 e. The van der Waals surface area contributed by atoms with Crippen LogP contribution in [0, 0.1) is 5.82 Å². The van der Waals surface area contributed by atoms with Gasteiger partial charge in [-0.1, -0.05) is 12.1 Å². The third kappa shape index (κ3) is 4.23. The molecule has 0 aliphatic rings. The van der Waals surface area contributed by atoms with Crippen LogP contribution in [0.15, 0.2) is 53.4 Å². The van der Waals surface area contributed by atoms with E-state index in [0.717, 1.165) is 4.90 Å². The van der Waals surface area contributed by atoms with Gasteiger partial charge in [0.1, 0.15) is 11.6 Å². The topological polar surface area (TPSA) is 38.3 Å². The zero-order chi connectivity index (χ0) is 15.2. The summed E-state index contributed by atoms with van der Waals surface area (Å²) in [7, 11) is 0. The molecule has 0 heterocycles. The lowest BCUT2D eigenvalue weighted by Gasteiger charge is -2.15. The number of halogens is 1. The predicted octanol–water partition coefficient (Wildman–Crippen LogP) is 3.95. The summed E-state index contributed by atoms with van der Waals surface area (Å²) in [4.78, 5) is 13.1. The summed E-state index contributed by atoms with van der Waals surface area (Å²) in [5.74, 6) is -0.264. The van der Waals surface area contributed by atoms with Gasteiger partial charge in [0, 0.05) is 4.90 Å². The van der Waals surface area contributed by atoms with Gasteiger partial charge in [0.15, 0.2) is 6.10 Å². The van der Waals surface area contributed by atoms with Crippen molar-refractivity contribution in [2.45, 2.75) is 17.9 Å². The first-order valence-electron chi connectivity index (χ1n) is 6.46. The molecule has 1 amide bonds. The van der Waals surface area contributed by atoms with Gasteiger partial charge in [-0.05, 0) is 49.6 Å². The van der Waals surface area contributed by atoms with Crippen molar-refractivity contribution in [3.63, 3.8) is 0 Å². The Labute approximate surface area is 127 Å². The Morgan fingerprint density at radius 2 is 1.86 bits per heavy atom. The van der Waals surface area contributed by atoms with E-state index in [2.05, 4.69) is 5.32 Å². The van der Waals surface area contributed by atoms with Crippen molar-refractivity contribution in [2.75, 3.05) is 11.6 Å². The summed E-state index contributed by atoms with van der Waals surface area (Å²) in [5.41, 5.74) is 0.149. The molecule has 5 heteroatoms. The van der Waals surface area contributed by atoms with Crippen LogP contribution in [0.2, 0.25) is 0 Å². The first kappa shape index (κ1) is 15.4. The molecule has 1 N–H and O–H groups in total. The van der Waals surface area contributed by atoms with E-state index in [1.165, 1.54) is 12.1 Å². The van der Waals surface area contributed by atoms with Crippen LogP contribution < -0.4 is 10.1 Å². The molecule has 0 saturated carbocycles. The monoisotopic (exact) mass is 305 g/mol. The maximum Gasteiger partial charge on any atom is 0.265 e. The number of thioether (sulfide) groups is 1. The molecule has 2 aromatic rings. The number of nitrogens with one attached hydrogen (secondary N) is 1. The fraction of sp³-hybridized carbons (Fsp3) is 0.188. The summed E-state index contributed by atoms with van der Waals surface area (Å²) in [6, 6.07) is 13.5. The molecule has 21 heavy (non-hydrogen) atoms. The van der Waals surface area contributed by atoms with Gasteiger partial charge in [-0.25, -0.2) is 4.39 Å². The minimum absolute atomic E-state index is 0.149. The lowest BCUT2D eigenvalue weighted by atomic mass is 10.3. The second kappa shape index (κ2) is 7.13. The first-order chi connectivity index (χ1) is 10.1. The quantitative estimate of drug-likeness (QED) is 0.850. The molecule has 2 rings (SSSR count). The Bertz CT molecular complexity index is 616. The van der Waals surface area contributed by atoms with Gasteiger partial charge in [-0.3, -0.25) is 4.79 Å². The Morgan fingerprint density at radius 3 is 2.48 bits per heavy atom. The number of para-hydroxylation sites is 1. The fourth-order valence-corrected chi connectivity index (χ4v) is 2.12. The van der Waals surface area contributed by atoms with Gasteiger partial charge in [0.2, 0.25) is 0 Å². The second-order valence-corrected chi connectivity index (χ2v) is 5.28. The second-order valence-electron chi connectivity index (χ2n) is 4.40. The van der Waals surface area contributed by atoms with E-state index >= 15 is 0 Å². The van der Waals surface area contributed by atoms with Crippen LogP contribution in [0.1, 0.15) is 6.92 Å². The van der Waals surface area contributed by atoms with Gasteiger partial charge in [0.05, 0.1) is 5.69 Å². The molecule has 0 fully saturated rings. The molecule has 2 aromatic carbocycles. The Kier molecular flexibility index (Phi) is 5.22. The normalized spacial score (nSPS) is 11.8. The number of hydrogen-bond donors (Lipinski definition) is 1. The Morgan fingerprint density at radius 1 is 1.19 bits per heavy atom. The van der Waals surface area contributed by atoms with Crippen molar-refractivity contribution >= 4 is 23.4 Å². The molecule has 0 spiro atoms. The third-order valence-electron chi connectivity index (χ3n) is 2.87. The van der Waals surface area contributed by atoms with Crippen molar-refractivity contribution < 1.29 is 13.9 Å². The summed E-state index contributed by atoms with van der Waals surface area (Å²) in [5, 5.41) is 2.51. The van der Waals surface area contributed by atoms with Crippen LogP contribution >= 0.6 is 11.8 Å². The number of hydrogen-bond acceptors (Lipinski definition) is 3. The minimum atomic E-state index is -0.718. The first-order valence-corrected chi connectivity index (χ1v) is 7.68. The number of anilines is 1. The van der Waals surface area contributed by atoms with Crippen molar-refractivity contribution in [1.29, 1.82) is 0 Å². The lowest BCUT2D eigenvalue weighted by Crippen LogP contribution is -2.30. The summed E-state index contributed by atoms with van der Waals surface area (Å²) >= 11 is 1.63. The molecule has 110 valence electrons. The van der Waals surface area contributed by atoms with Gasteiger partial charge >= 0.3 is 0 Å². The van der Waals surface area contributed by atoms with Crippen LogP contribution in [0.5, 0.6) is 5.75 Å². The number of carbonyl (C=O) groups excluding carboxylic acids is 1. The average Bonchev–Trinajstić information content (AvgIpc) is 2.50. The molecule has 1 unspecified atom stereocenters. The summed E-state index contributed by atoms with van der Waals surface area (Å²) in [6.45, 7) is 1.62. The maximum absolute atomic E-state index is 13.5. The highest BCUT2D eigenvalue weighted by Crippen LogP contribution is 2.20. The van der Waals surface area contributed by atoms with Gasteiger partial charge in [-0.2, -0.15) is 0 Å². The van der Waals surface area contributed by atoms with Crippen LogP contribution in [-0.2, 0) is 4.79 Å². The SMILES string of the molecule is CSc1ccc(OC(C)C(=O)Nc2ccccc2F)cc1. The molecule has 0 bridgehead atoms. The average molecular weight is 305 g/mol. The Hall–Kier alpha value is -2.01. The summed E-state index contributed by atoms with van der Waals surface area (Å²) in [6.07, 6.45) is 1.27. The molecular weight excluding hydrogens is 289 g/mol. The van der Waals surface area contributed by atoms with Crippen molar-refractivity contribution in [3.8, 4) is 5.75 Å². The molecule has 0 aromatic heterocycles. The van der Waals surface area contributed by atoms with E-state index in [0.29, 0.717) is 5.75 Å². The summed E-state index contributed by atoms with van der Waals surface area (Å²) < 4.78 is 19.0. The van der Waals surface area contributed by atoms with Crippen LogP contribution in [-0.4, -0.2) is 18.3 Å². The lowest BCUT2D eigenvalue weighted by molar-refractivity contribution is -0.122. The zero-order valence-corrected chi connectivity index (χ0v) is 12.6. The highest BCUT2D eigenvalue weighted by molar-refractivity contribution is 7.98. The molecule has 0 radical (unpaired) electrons. The van der Waals surface area contributed by atoms with E-state index in [1.807, 2.05) is 18.4 Å². The zero-order valence-electron chi connectivity index (χ0n) is 11.8. The number of amides is 1. The smallest absolute Gasteiger partial charge is 0.265 e. The molecule has 0 aliphatic carbocycles. The van der Waals surface area contributed by atoms with E-state index in [-0.39, 0.29) is 5.69 Å². The van der Waals surface area contributed by atoms with Crippen molar-refractivity contribution in [2.24, 2.45) is 0 Å². The van der Waals surface area contributed by atoms with Crippen LogP contribution in [0.4, 0.5) is 10.1 Å². The van der Waals surface area contributed by atoms with Crippen LogP contribution in [0.25, 0.3) is 0 Å². The number of rotatable bonds is 5. The minimum Gasteiger partial charge on any atom is -0.481 e. The van der Waals surface area contributed by atoms with E-state index in [4.69, 9.17) is 4.74 Å². The maximum atomic E-state index is 13.5. The fourth-order valence-electron chi connectivity index (χ4n) is 1.71.